The Labute approximate surface area is 85.6 Å². The van der Waals surface area contributed by atoms with Crippen LogP contribution in [0.2, 0.25) is 0 Å². The highest BCUT2D eigenvalue weighted by molar-refractivity contribution is 5.58. The molecular formula is C10H7N3O2. The van der Waals surface area contributed by atoms with Crippen LogP contribution in [0.4, 0.5) is 5.69 Å². The van der Waals surface area contributed by atoms with Crippen molar-refractivity contribution in [1.29, 1.82) is 0 Å². The molecule has 0 aliphatic heterocycles. The lowest BCUT2D eigenvalue weighted by atomic mass is 10.2. The third kappa shape index (κ3) is 1.96. The molecule has 5 heteroatoms. The van der Waals surface area contributed by atoms with Gasteiger partial charge in [-0.1, -0.05) is 0 Å². The van der Waals surface area contributed by atoms with E-state index in [0.717, 1.165) is 5.56 Å². The smallest absolute Gasteiger partial charge is 0.264 e. The van der Waals surface area contributed by atoms with E-state index in [1.165, 1.54) is 12.3 Å². The molecule has 2 aromatic heterocycles. The van der Waals surface area contributed by atoms with Crippen molar-refractivity contribution in [3.8, 4) is 11.3 Å². The molecule has 15 heavy (non-hydrogen) atoms. The maximum absolute atomic E-state index is 10.4. The van der Waals surface area contributed by atoms with E-state index in [-0.39, 0.29) is 5.69 Å². The summed E-state index contributed by atoms with van der Waals surface area (Å²) in [6.45, 7) is 0. The van der Waals surface area contributed by atoms with E-state index < -0.39 is 4.92 Å². The lowest BCUT2D eigenvalue weighted by molar-refractivity contribution is -0.385. The van der Waals surface area contributed by atoms with Crippen molar-refractivity contribution in [2.75, 3.05) is 0 Å². The maximum atomic E-state index is 10.4. The van der Waals surface area contributed by atoms with Crippen molar-refractivity contribution in [1.82, 2.24) is 9.97 Å². The van der Waals surface area contributed by atoms with Crippen LogP contribution in [0.5, 0.6) is 0 Å². The number of rotatable bonds is 2. The Bertz CT molecular complexity index is 468. The summed E-state index contributed by atoms with van der Waals surface area (Å²) in [6.07, 6.45) is 4.56. The van der Waals surface area contributed by atoms with Crippen molar-refractivity contribution in [3.63, 3.8) is 0 Å². The van der Waals surface area contributed by atoms with E-state index in [4.69, 9.17) is 0 Å². The minimum Gasteiger partial charge on any atom is -0.264 e. The minimum atomic E-state index is -0.472. The van der Waals surface area contributed by atoms with E-state index in [9.17, 15) is 10.1 Å². The van der Waals surface area contributed by atoms with Crippen molar-refractivity contribution in [3.05, 3.63) is 53.0 Å². The second-order valence-corrected chi connectivity index (χ2v) is 2.90. The van der Waals surface area contributed by atoms with Crippen LogP contribution in [-0.4, -0.2) is 14.9 Å². The van der Waals surface area contributed by atoms with Gasteiger partial charge in [-0.3, -0.25) is 15.1 Å². The van der Waals surface area contributed by atoms with Crippen molar-refractivity contribution < 1.29 is 4.92 Å². The fourth-order valence-electron chi connectivity index (χ4n) is 1.18. The van der Waals surface area contributed by atoms with E-state index in [0.29, 0.717) is 5.69 Å². The SMILES string of the molecule is O=[N+]([O-])c1ccc(-c2cccnc2)nc1. The molecule has 0 atom stereocenters. The van der Waals surface area contributed by atoms with Gasteiger partial charge in [-0.2, -0.15) is 0 Å². The predicted octanol–water partition coefficient (Wildman–Crippen LogP) is 2.05. The Kier molecular flexibility index (Phi) is 2.37. The first kappa shape index (κ1) is 9.26. The van der Waals surface area contributed by atoms with Crippen LogP contribution in [0.15, 0.2) is 42.9 Å². The normalized spacial score (nSPS) is 9.87. The van der Waals surface area contributed by atoms with Gasteiger partial charge in [-0.05, 0) is 18.2 Å². The fourth-order valence-corrected chi connectivity index (χ4v) is 1.18. The van der Waals surface area contributed by atoms with Crippen LogP contribution in [0, 0.1) is 10.1 Å². The molecule has 74 valence electrons. The number of aromatic nitrogens is 2. The molecule has 0 amide bonds. The molecule has 0 aromatic carbocycles. The summed E-state index contributed by atoms with van der Waals surface area (Å²) in [5, 5.41) is 10.4. The van der Waals surface area contributed by atoms with Gasteiger partial charge >= 0.3 is 0 Å². The first-order chi connectivity index (χ1) is 7.27. The molecule has 0 saturated heterocycles. The average molecular weight is 201 g/mol. The van der Waals surface area contributed by atoms with Crippen LogP contribution < -0.4 is 0 Å². The fraction of sp³-hybridized carbons (Fsp3) is 0. The largest absolute Gasteiger partial charge is 0.287 e. The molecule has 0 bridgehead atoms. The van der Waals surface area contributed by atoms with Gasteiger partial charge in [0, 0.05) is 24.0 Å². The summed E-state index contributed by atoms with van der Waals surface area (Å²) < 4.78 is 0. The zero-order valence-corrected chi connectivity index (χ0v) is 7.70. The third-order valence-corrected chi connectivity index (χ3v) is 1.92. The lowest BCUT2D eigenvalue weighted by Crippen LogP contribution is -1.90. The van der Waals surface area contributed by atoms with E-state index >= 15 is 0 Å². The molecule has 0 aliphatic rings. The Morgan fingerprint density at radius 3 is 2.60 bits per heavy atom. The average Bonchev–Trinajstić information content (AvgIpc) is 2.30. The molecule has 2 heterocycles. The van der Waals surface area contributed by atoms with Gasteiger partial charge in [0.2, 0.25) is 0 Å². The summed E-state index contributed by atoms with van der Waals surface area (Å²) in [5.74, 6) is 0. The summed E-state index contributed by atoms with van der Waals surface area (Å²) in [5.41, 5.74) is 1.50. The highest BCUT2D eigenvalue weighted by Gasteiger charge is 2.05. The molecule has 2 rings (SSSR count). The molecule has 2 aromatic rings. The van der Waals surface area contributed by atoms with Crippen molar-refractivity contribution in [2.24, 2.45) is 0 Å². The van der Waals surface area contributed by atoms with Crippen LogP contribution in [-0.2, 0) is 0 Å². The Morgan fingerprint density at radius 2 is 2.07 bits per heavy atom. The van der Waals surface area contributed by atoms with Crippen LogP contribution in [0.25, 0.3) is 11.3 Å². The Hall–Kier alpha value is -2.30. The lowest BCUT2D eigenvalue weighted by Gasteiger charge is -1.98. The highest BCUT2D eigenvalue weighted by atomic mass is 16.6. The maximum Gasteiger partial charge on any atom is 0.287 e. The first-order valence-corrected chi connectivity index (χ1v) is 4.28. The van der Waals surface area contributed by atoms with Crippen LogP contribution in [0.3, 0.4) is 0 Å². The predicted molar refractivity (Wildman–Crippen MR) is 54.1 cm³/mol. The monoisotopic (exact) mass is 201 g/mol. The van der Waals surface area contributed by atoms with Crippen LogP contribution >= 0.6 is 0 Å². The zero-order valence-electron chi connectivity index (χ0n) is 7.70. The number of nitro groups is 1. The number of hydrogen-bond donors (Lipinski definition) is 0. The second-order valence-electron chi connectivity index (χ2n) is 2.90. The third-order valence-electron chi connectivity index (χ3n) is 1.92. The van der Waals surface area contributed by atoms with Gasteiger partial charge in [0.1, 0.15) is 6.20 Å². The van der Waals surface area contributed by atoms with E-state index in [1.807, 2.05) is 6.07 Å². The zero-order chi connectivity index (χ0) is 10.7. The molecule has 0 saturated carbocycles. The molecule has 0 N–H and O–H groups in total. The quantitative estimate of drug-likeness (QED) is 0.550. The summed E-state index contributed by atoms with van der Waals surface area (Å²) in [7, 11) is 0. The molecule has 0 fully saturated rings. The van der Waals surface area contributed by atoms with Crippen LogP contribution in [0.1, 0.15) is 0 Å². The van der Waals surface area contributed by atoms with Gasteiger partial charge < -0.3 is 0 Å². The Balaban J connectivity index is 2.36. The number of nitrogens with zero attached hydrogens (tertiary/aromatic N) is 3. The van der Waals surface area contributed by atoms with Crippen molar-refractivity contribution in [2.45, 2.75) is 0 Å². The topological polar surface area (TPSA) is 68.9 Å². The van der Waals surface area contributed by atoms with Gasteiger partial charge in [-0.25, -0.2) is 4.98 Å². The number of pyridine rings is 2. The highest BCUT2D eigenvalue weighted by Crippen LogP contribution is 2.17. The first-order valence-electron chi connectivity index (χ1n) is 4.28. The Morgan fingerprint density at radius 1 is 1.20 bits per heavy atom. The van der Waals surface area contributed by atoms with Gasteiger partial charge in [0.05, 0.1) is 10.6 Å². The molecule has 0 unspecified atom stereocenters. The summed E-state index contributed by atoms with van der Waals surface area (Å²) in [6, 6.07) is 6.67. The molecule has 0 radical (unpaired) electrons. The van der Waals surface area contributed by atoms with Gasteiger partial charge in [0.25, 0.3) is 5.69 Å². The summed E-state index contributed by atoms with van der Waals surface area (Å²) >= 11 is 0. The standard InChI is InChI=1S/C10H7N3O2/c14-13(15)9-3-4-10(12-7-9)8-2-1-5-11-6-8/h1-7H. The number of hydrogen-bond acceptors (Lipinski definition) is 4. The van der Waals surface area contributed by atoms with E-state index in [1.54, 1.807) is 24.5 Å². The van der Waals surface area contributed by atoms with E-state index in [2.05, 4.69) is 9.97 Å². The molecule has 0 spiro atoms. The minimum absolute atomic E-state index is 0.0114. The molecular weight excluding hydrogens is 194 g/mol. The molecule has 0 aliphatic carbocycles. The molecule has 5 nitrogen and oxygen atoms in total. The van der Waals surface area contributed by atoms with Gasteiger partial charge in [-0.15, -0.1) is 0 Å². The summed E-state index contributed by atoms with van der Waals surface area (Å²) in [4.78, 5) is 17.9. The van der Waals surface area contributed by atoms with Crippen molar-refractivity contribution >= 4 is 5.69 Å². The van der Waals surface area contributed by atoms with Gasteiger partial charge in [0.15, 0.2) is 0 Å². The second kappa shape index (κ2) is 3.83.